The van der Waals surface area contributed by atoms with Gasteiger partial charge in [0, 0.05) is 16.5 Å². The second-order valence-electron chi connectivity index (χ2n) is 9.13. The van der Waals surface area contributed by atoms with Crippen LogP contribution in [-0.2, 0) is 4.79 Å². The van der Waals surface area contributed by atoms with Gasteiger partial charge in [-0.2, -0.15) is 0 Å². The molecule has 4 atom stereocenters. The van der Waals surface area contributed by atoms with Crippen molar-refractivity contribution in [2.24, 2.45) is 11.7 Å². The molecular formula is C31H25ClN2O3S. The Hall–Kier alpha value is -4.00. The van der Waals surface area contributed by atoms with Gasteiger partial charge in [0.25, 0.3) is 5.91 Å². The van der Waals surface area contributed by atoms with E-state index in [0.29, 0.717) is 15.5 Å². The number of nitrogens with two attached hydrogens (primary N) is 1. The molecule has 0 saturated carbocycles. The smallest absolute Gasteiger partial charge is 0.255 e. The maximum atomic E-state index is 14.1. The van der Waals surface area contributed by atoms with E-state index in [-0.39, 0.29) is 11.7 Å². The fourth-order valence-corrected chi connectivity index (χ4v) is 6.05. The zero-order valence-electron chi connectivity index (χ0n) is 20.3. The second-order valence-corrected chi connectivity index (χ2v) is 10.5. The van der Waals surface area contributed by atoms with Gasteiger partial charge in [-0.15, -0.1) is 11.3 Å². The van der Waals surface area contributed by atoms with Gasteiger partial charge in [-0.3, -0.25) is 14.4 Å². The van der Waals surface area contributed by atoms with Gasteiger partial charge in [0.2, 0.25) is 5.91 Å². The molecular weight excluding hydrogens is 516 g/mol. The molecule has 1 saturated heterocycles. The molecule has 4 aromatic rings. The first kappa shape index (κ1) is 25.6. The number of thiophene rings is 1. The minimum atomic E-state index is -1.05. The van der Waals surface area contributed by atoms with Crippen LogP contribution in [-0.4, -0.2) is 34.6 Å². The minimum Gasteiger partial charge on any atom is -0.368 e. The second kappa shape index (κ2) is 11.2. The molecule has 2 N–H and O–H groups in total. The topological polar surface area (TPSA) is 80.5 Å². The molecule has 7 heteroatoms. The van der Waals surface area contributed by atoms with Crippen molar-refractivity contribution in [1.29, 1.82) is 0 Å². The number of Topliss-reactive ketones (excluding diaryl/α,β-unsaturated/α-hetero) is 1. The van der Waals surface area contributed by atoms with Crippen molar-refractivity contribution in [3.05, 3.63) is 135 Å². The first-order valence-corrected chi connectivity index (χ1v) is 13.4. The molecule has 1 aromatic heterocycles. The van der Waals surface area contributed by atoms with E-state index in [4.69, 9.17) is 17.3 Å². The van der Waals surface area contributed by atoms with Crippen LogP contribution in [0.1, 0.15) is 37.1 Å². The van der Waals surface area contributed by atoms with Crippen molar-refractivity contribution in [1.82, 2.24) is 4.90 Å². The third-order valence-electron chi connectivity index (χ3n) is 6.87. The van der Waals surface area contributed by atoms with Gasteiger partial charge in [-0.1, -0.05) is 90.5 Å². The van der Waals surface area contributed by atoms with E-state index in [0.717, 1.165) is 11.1 Å². The number of ketones is 1. The summed E-state index contributed by atoms with van der Waals surface area (Å²) in [5.41, 5.74) is 8.06. The van der Waals surface area contributed by atoms with E-state index in [2.05, 4.69) is 0 Å². The van der Waals surface area contributed by atoms with Crippen molar-refractivity contribution in [2.45, 2.75) is 18.0 Å². The number of hydrogen-bond donors (Lipinski definition) is 1. The number of likely N-dealkylation sites (tertiary alicyclic amines) is 1. The average Bonchev–Trinajstić information content (AvgIpc) is 3.60. The Labute approximate surface area is 230 Å². The molecule has 1 aliphatic rings. The average molecular weight is 541 g/mol. The van der Waals surface area contributed by atoms with E-state index >= 15 is 0 Å². The summed E-state index contributed by atoms with van der Waals surface area (Å²) < 4.78 is 0. The first-order chi connectivity index (χ1) is 18.5. The molecule has 2 amide bonds. The number of nitrogens with zero attached hydrogens (tertiary/aromatic N) is 1. The number of primary amides is 1. The first-order valence-electron chi connectivity index (χ1n) is 12.2. The molecule has 0 radical (unpaired) electrons. The van der Waals surface area contributed by atoms with Gasteiger partial charge in [-0.05, 0) is 46.8 Å². The summed E-state index contributed by atoms with van der Waals surface area (Å²) in [5, 5.41) is 2.37. The molecule has 0 aliphatic carbocycles. The number of carbonyl (C=O) groups excluding carboxylic acids is 3. The van der Waals surface area contributed by atoms with Gasteiger partial charge < -0.3 is 10.6 Å². The summed E-state index contributed by atoms with van der Waals surface area (Å²) >= 11 is 7.51. The molecule has 190 valence electrons. The van der Waals surface area contributed by atoms with E-state index in [9.17, 15) is 14.4 Å². The van der Waals surface area contributed by atoms with Gasteiger partial charge in [-0.25, -0.2) is 0 Å². The fraction of sp³-hybridized carbons (Fsp3) is 0.129. The van der Waals surface area contributed by atoms with Crippen LogP contribution < -0.4 is 5.73 Å². The van der Waals surface area contributed by atoms with Crippen molar-refractivity contribution in [3.8, 4) is 0 Å². The Morgan fingerprint density at radius 3 is 2.11 bits per heavy atom. The van der Waals surface area contributed by atoms with E-state index < -0.39 is 29.8 Å². The van der Waals surface area contributed by atoms with E-state index in [1.165, 1.54) is 16.2 Å². The molecule has 1 fully saturated rings. The third kappa shape index (κ3) is 5.05. The Morgan fingerprint density at radius 1 is 0.842 bits per heavy atom. The minimum absolute atomic E-state index is 0.141. The highest BCUT2D eigenvalue weighted by Gasteiger charge is 2.55. The van der Waals surface area contributed by atoms with Crippen LogP contribution in [0.4, 0.5) is 0 Å². The lowest BCUT2D eigenvalue weighted by Crippen LogP contribution is -2.48. The molecule has 1 aliphatic heterocycles. The summed E-state index contributed by atoms with van der Waals surface area (Å²) in [6.07, 6.45) is 3.73. The van der Waals surface area contributed by atoms with Crippen molar-refractivity contribution in [3.63, 3.8) is 0 Å². The molecule has 38 heavy (non-hydrogen) atoms. The zero-order chi connectivity index (χ0) is 26.6. The number of carbonyl (C=O) groups is 3. The Kier molecular flexibility index (Phi) is 7.54. The van der Waals surface area contributed by atoms with Crippen LogP contribution in [0.3, 0.4) is 0 Å². The predicted molar refractivity (Wildman–Crippen MR) is 151 cm³/mol. The Morgan fingerprint density at radius 2 is 1.50 bits per heavy atom. The molecule has 5 rings (SSSR count). The number of hydrogen-bond acceptors (Lipinski definition) is 4. The molecule has 5 nitrogen and oxygen atoms in total. The number of benzene rings is 3. The fourth-order valence-electron chi connectivity index (χ4n) is 5.21. The summed E-state index contributed by atoms with van der Waals surface area (Å²) in [7, 11) is 0. The Balaban J connectivity index is 1.71. The number of amides is 2. The monoisotopic (exact) mass is 540 g/mol. The molecule has 3 aromatic carbocycles. The zero-order valence-corrected chi connectivity index (χ0v) is 21.9. The standard InChI is InChI=1S/C31H25ClN2O3S/c32-23-16-14-21(15-17-23)26-27(29(35)25-12-7-19-38-25)24(18-13-20-8-3-1-4-9-20)34(28(26)30(33)36)31(37)22-10-5-2-6-11-22/h1-19,24,26-28H,(H2,33,36). The van der Waals surface area contributed by atoms with Crippen LogP contribution in [0.15, 0.2) is 109 Å². The number of rotatable bonds is 7. The lowest BCUT2D eigenvalue weighted by molar-refractivity contribution is -0.122. The van der Waals surface area contributed by atoms with Crippen LogP contribution >= 0.6 is 22.9 Å². The summed E-state index contributed by atoms with van der Waals surface area (Å²) in [5.74, 6) is -2.60. The largest absolute Gasteiger partial charge is 0.368 e. The van der Waals surface area contributed by atoms with Crippen molar-refractivity contribution >= 4 is 46.6 Å². The van der Waals surface area contributed by atoms with Crippen LogP contribution in [0.5, 0.6) is 0 Å². The molecule has 2 heterocycles. The van der Waals surface area contributed by atoms with Gasteiger partial charge in [0.15, 0.2) is 5.78 Å². The molecule has 4 unspecified atom stereocenters. The maximum Gasteiger partial charge on any atom is 0.255 e. The predicted octanol–water partition coefficient (Wildman–Crippen LogP) is 6.08. The SMILES string of the molecule is NC(=O)C1C(c2ccc(Cl)cc2)C(C(=O)c2cccs2)C(C=Cc2ccccc2)N1C(=O)c1ccccc1. The maximum absolute atomic E-state index is 14.1. The normalized spacial score (nSPS) is 21.0. The van der Waals surface area contributed by atoms with Gasteiger partial charge in [0.1, 0.15) is 6.04 Å². The summed E-state index contributed by atoms with van der Waals surface area (Å²) in [6.45, 7) is 0. The summed E-state index contributed by atoms with van der Waals surface area (Å²) in [4.78, 5) is 43.3. The lowest BCUT2D eigenvalue weighted by Gasteiger charge is -2.29. The highest BCUT2D eigenvalue weighted by molar-refractivity contribution is 7.12. The number of halogens is 1. The van der Waals surface area contributed by atoms with Crippen LogP contribution in [0.2, 0.25) is 5.02 Å². The van der Waals surface area contributed by atoms with E-state index in [1.54, 1.807) is 54.6 Å². The highest BCUT2D eigenvalue weighted by Crippen LogP contribution is 2.46. The van der Waals surface area contributed by atoms with Crippen LogP contribution in [0.25, 0.3) is 6.08 Å². The van der Waals surface area contributed by atoms with Gasteiger partial charge in [0.05, 0.1) is 16.8 Å². The summed E-state index contributed by atoms with van der Waals surface area (Å²) in [6, 6.07) is 27.2. The molecule has 0 spiro atoms. The van der Waals surface area contributed by atoms with Gasteiger partial charge >= 0.3 is 0 Å². The van der Waals surface area contributed by atoms with E-state index in [1.807, 2.05) is 60.0 Å². The van der Waals surface area contributed by atoms with Crippen LogP contribution in [0, 0.1) is 5.92 Å². The Bertz CT molecular complexity index is 1450. The highest BCUT2D eigenvalue weighted by atomic mass is 35.5. The van der Waals surface area contributed by atoms with Crippen molar-refractivity contribution < 1.29 is 14.4 Å². The third-order valence-corrected chi connectivity index (χ3v) is 8.01. The molecule has 0 bridgehead atoms. The quantitative estimate of drug-likeness (QED) is 0.289. The lowest BCUT2D eigenvalue weighted by atomic mass is 9.78. The van der Waals surface area contributed by atoms with Crippen molar-refractivity contribution in [2.75, 3.05) is 0 Å².